The van der Waals surface area contributed by atoms with Crippen LogP contribution in [0.1, 0.15) is 33.1 Å². The van der Waals surface area contributed by atoms with Gasteiger partial charge in [0.05, 0.1) is 6.10 Å². The van der Waals surface area contributed by atoms with Gasteiger partial charge >= 0.3 is 0 Å². The van der Waals surface area contributed by atoms with E-state index in [1.165, 1.54) is 16.7 Å². The number of hydrogen-bond donors (Lipinski definition) is 1. The molecule has 0 bridgehead atoms. The van der Waals surface area contributed by atoms with Crippen LogP contribution < -0.4 is 0 Å². The van der Waals surface area contributed by atoms with Gasteiger partial charge in [0.25, 0.3) is 0 Å². The van der Waals surface area contributed by atoms with Crippen LogP contribution >= 0.6 is 0 Å². The average Bonchev–Trinajstić information content (AvgIpc) is 2.06. The highest BCUT2D eigenvalue weighted by atomic mass is 16.3. The summed E-state index contributed by atoms with van der Waals surface area (Å²) < 4.78 is 0. The molecule has 1 unspecified atom stereocenters. The molecule has 0 aromatic heterocycles. The van der Waals surface area contributed by atoms with E-state index in [0.29, 0.717) is 0 Å². The van der Waals surface area contributed by atoms with Gasteiger partial charge in [-0.3, -0.25) is 0 Å². The van der Waals surface area contributed by atoms with Gasteiger partial charge in [-0.2, -0.15) is 0 Å². The molecule has 0 radical (unpaired) electrons. The Hall–Kier alpha value is -0.820. The van der Waals surface area contributed by atoms with E-state index in [1.54, 1.807) is 0 Å². The van der Waals surface area contributed by atoms with Crippen LogP contribution in [0.4, 0.5) is 0 Å². The topological polar surface area (TPSA) is 20.2 Å². The van der Waals surface area contributed by atoms with Gasteiger partial charge in [0.1, 0.15) is 0 Å². The van der Waals surface area contributed by atoms with Gasteiger partial charge in [-0.05, 0) is 38.7 Å². The third-order valence-corrected chi connectivity index (χ3v) is 2.31. The maximum absolute atomic E-state index is 9.46. The number of hydrogen-bond acceptors (Lipinski definition) is 1. The highest BCUT2D eigenvalue weighted by molar-refractivity contribution is 5.34. The molecule has 1 rings (SSSR count). The van der Waals surface area contributed by atoms with Gasteiger partial charge in [0.2, 0.25) is 0 Å². The molecule has 1 fully saturated rings. The van der Waals surface area contributed by atoms with Crippen LogP contribution in [0.2, 0.25) is 0 Å². The lowest BCUT2D eigenvalue weighted by Gasteiger charge is -2.21. The molecule has 1 saturated carbocycles. The highest BCUT2D eigenvalue weighted by Crippen LogP contribution is 2.27. The van der Waals surface area contributed by atoms with Gasteiger partial charge in [-0.15, -0.1) is 0 Å². The van der Waals surface area contributed by atoms with Crippen LogP contribution in [0.5, 0.6) is 0 Å². The molecule has 0 aliphatic heterocycles. The molecule has 0 aromatic rings. The van der Waals surface area contributed by atoms with Crippen molar-refractivity contribution >= 4 is 0 Å². The smallest absolute Gasteiger partial charge is 0.0583 e. The van der Waals surface area contributed by atoms with E-state index in [4.69, 9.17) is 0 Å². The fraction of sp³-hybridized carbons (Fsp3) is 0.500. The first-order valence-electron chi connectivity index (χ1n) is 4.80. The number of aliphatic hydroxyl groups is 1. The summed E-state index contributed by atoms with van der Waals surface area (Å²) in [6, 6.07) is 0. The van der Waals surface area contributed by atoms with Crippen molar-refractivity contribution in [3.63, 3.8) is 0 Å². The van der Waals surface area contributed by atoms with Gasteiger partial charge < -0.3 is 5.11 Å². The van der Waals surface area contributed by atoms with E-state index < -0.39 is 0 Å². The molecular weight excluding hydrogens is 160 g/mol. The molecule has 1 atom stereocenters. The predicted molar refractivity (Wildman–Crippen MR) is 56.5 cm³/mol. The molecule has 13 heavy (non-hydrogen) atoms. The van der Waals surface area contributed by atoms with Crippen molar-refractivity contribution in [1.29, 1.82) is 0 Å². The summed E-state index contributed by atoms with van der Waals surface area (Å²) in [5, 5.41) is 9.46. The minimum atomic E-state index is -0.165. The molecule has 0 heterocycles. The van der Waals surface area contributed by atoms with Crippen LogP contribution in [-0.2, 0) is 0 Å². The van der Waals surface area contributed by atoms with Gasteiger partial charge in [-0.1, -0.05) is 29.9 Å². The largest absolute Gasteiger partial charge is 0.393 e. The second kappa shape index (κ2) is 4.43. The van der Waals surface area contributed by atoms with E-state index in [-0.39, 0.29) is 6.10 Å². The van der Waals surface area contributed by atoms with Crippen LogP contribution in [0.25, 0.3) is 0 Å². The Bertz CT molecular complexity index is 254. The molecule has 0 saturated heterocycles. The molecule has 0 spiro atoms. The molecule has 1 heteroatoms. The normalized spacial score (nSPS) is 26.2. The lowest BCUT2D eigenvalue weighted by molar-refractivity contribution is 0.158. The average molecular weight is 178 g/mol. The zero-order valence-corrected chi connectivity index (χ0v) is 8.51. The summed E-state index contributed by atoms with van der Waals surface area (Å²) in [5.74, 6) is 0. The first kappa shape index (κ1) is 10.3. The first-order valence-corrected chi connectivity index (χ1v) is 4.80. The van der Waals surface area contributed by atoms with E-state index in [1.807, 2.05) is 0 Å². The van der Waals surface area contributed by atoms with E-state index >= 15 is 0 Å². The molecule has 0 aromatic carbocycles. The fourth-order valence-corrected chi connectivity index (χ4v) is 1.45. The second-order valence-corrected chi connectivity index (χ2v) is 3.94. The number of allylic oxidation sites excluding steroid dienone is 4. The Balaban J connectivity index is 2.71. The second-order valence-electron chi connectivity index (χ2n) is 3.94. The van der Waals surface area contributed by atoms with Gasteiger partial charge in [0.15, 0.2) is 0 Å². The van der Waals surface area contributed by atoms with Crippen molar-refractivity contribution in [2.24, 2.45) is 0 Å². The minimum absolute atomic E-state index is 0.165. The molecular formula is C12H18O. The zero-order valence-electron chi connectivity index (χ0n) is 8.51. The van der Waals surface area contributed by atoms with Crippen molar-refractivity contribution < 1.29 is 5.11 Å². The SMILES string of the molecule is C=C1CCC(O)C/C1=C/C=C(C)C. The summed E-state index contributed by atoms with van der Waals surface area (Å²) in [6.45, 7) is 8.14. The first-order chi connectivity index (χ1) is 6.09. The minimum Gasteiger partial charge on any atom is -0.393 e. The van der Waals surface area contributed by atoms with Gasteiger partial charge in [-0.25, -0.2) is 0 Å². The maximum atomic E-state index is 9.46. The Morgan fingerprint density at radius 3 is 2.85 bits per heavy atom. The van der Waals surface area contributed by atoms with Crippen LogP contribution in [0.15, 0.2) is 35.5 Å². The molecule has 1 N–H and O–H groups in total. The molecule has 72 valence electrons. The quantitative estimate of drug-likeness (QED) is 0.654. The third kappa shape index (κ3) is 3.19. The Kier molecular flexibility index (Phi) is 3.49. The molecule has 0 amide bonds. The Morgan fingerprint density at radius 1 is 1.54 bits per heavy atom. The van der Waals surface area contributed by atoms with Crippen LogP contribution in [0, 0.1) is 0 Å². The molecule has 1 nitrogen and oxygen atoms in total. The highest BCUT2D eigenvalue weighted by Gasteiger charge is 2.16. The summed E-state index contributed by atoms with van der Waals surface area (Å²) in [7, 11) is 0. The fourth-order valence-electron chi connectivity index (χ4n) is 1.45. The van der Waals surface area contributed by atoms with E-state index in [9.17, 15) is 5.11 Å². The summed E-state index contributed by atoms with van der Waals surface area (Å²) in [6.07, 6.45) is 6.57. The lowest BCUT2D eigenvalue weighted by atomic mass is 9.88. The van der Waals surface area contributed by atoms with Crippen molar-refractivity contribution in [3.05, 3.63) is 35.5 Å². The Labute approximate surface area is 80.5 Å². The maximum Gasteiger partial charge on any atom is 0.0583 e. The molecule has 1 aliphatic carbocycles. The number of rotatable bonds is 1. The Morgan fingerprint density at radius 2 is 2.23 bits per heavy atom. The zero-order chi connectivity index (χ0) is 9.84. The number of aliphatic hydroxyl groups excluding tert-OH is 1. The summed E-state index contributed by atoms with van der Waals surface area (Å²) in [5.41, 5.74) is 3.67. The monoisotopic (exact) mass is 178 g/mol. The summed E-state index contributed by atoms with van der Waals surface area (Å²) in [4.78, 5) is 0. The predicted octanol–water partition coefficient (Wildman–Crippen LogP) is 2.98. The standard InChI is InChI=1S/C12H18O/c1-9(2)4-6-11-8-12(13)7-5-10(11)3/h4,6,12-13H,3,5,7-8H2,1-2H3/b11-6-. The van der Waals surface area contributed by atoms with Gasteiger partial charge in [0, 0.05) is 0 Å². The van der Waals surface area contributed by atoms with Crippen molar-refractivity contribution in [2.75, 3.05) is 0 Å². The van der Waals surface area contributed by atoms with Crippen LogP contribution in [0.3, 0.4) is 0 Å². The van der Waals surface area contributed by atoms with Crippen molar-refractivity contribution in [1.82, 2.24) is 0 Å². The van der Waals surface area contributed by atoms with Crippen LogP contribution in [-0.4, -0.2) is 11.2 Å². The molecule has 1 aliphatic rings. The lowest BCUT2D eigenvalue weighted by Crippen LogP contribution is -2.14. The van der Waals surface area contributed by atoms with E-state index in [0.717, 1.165) is 19.3 Å². The van der Waals surface area contributed by atoms with Crippen molar-refractivity contribution in [3.8, 4) is 0 Å². The van der Waals surface area contributed by atoms with E-state index in [2.05, 4.69) is 32.6 Å². The summed E-state index contributed by atoms with van der Waals surface area (Å²) >= 11 is 0. The third-order valence-electron chi connectivity index (χ3n) is 2.31. The van der Waals surface area contributed by atoms with Crippen molar-refractivity contribution in [2.45, 2.75) is 39.2 Å².